The number of rotatable bonds is 3. The molecule has 4 nitrogen and oxygen atoms in total. The fraction of sp³-hybridized carbons (Fsp3) is 0.500. The van der Waals surface area contributed by atoms with Gasteiger partial charge >= 0.3 is 6.18 Å². The van der Waals surface area contributed by atoms with Crippen LogP contribution in [0.1, 0.15) is 24.8 Å². The molecule has 2 N–H and O–H groups in total. The molecule has 0 radical (unpaired) electrons. The smallest absolute Gasteiger partial charge is 0.418 e. The summed E-state index contributed by atoms with van der Waals surface area (Å²) in [6.45, 7) is 0.701. The van der Waals surface area contributed by atoms with Crippen LogP contribution >= 0.6 is 0 Å². The molecule has 1 unspecified atom stereocenters. The van der Waals surface area contributed by atoms with Crippen molar-refractivity contribution in [3.8, 4) is 5.75 Å². The predicted octanol–water partition coefficient (Wildman–Crippen LogP) is 2.79. The third-order valence-electron chi connectivity index (χ3n) is 3.42. The summed E-state index contributed by atoms with van der Waals surface area (Å²) in [5.74, 6) is -0.346. The Hall–Kier alpha value is -1.76. The van der Waals surface area contributed by atoms with Gasteiger partial charge in [-0.3, -0.25) is 4.79 Å². The Bertz CT molecular complexity index is 511. The molecule has 1 heterocycles. The van der Waals surface area contributed by atoms with Gasteiger partial charge in [-0.2, -0.15) is 13.2 Å². The summed E-state index contributed by atoms with van der Waals surface area (Å²) in [4.78, 5) is 12.0. The topological polar surface area (TPSA) is 50.4 Å². The number of ether oxygens (including phenoxy) is 1. The summed E-state index contributed by atoms with van der Waals surface area (Å²) in [6, 6.07) is 3.03. The van der Waals surface area contributed by atoms with E-state index in [9.17, 15) is 18.0 Å². The summed E-state index contributed by atoms with van der Waals surface area (Å²) in [5, 5.41) is 5.36. The Labute approximate surface area is 120 Å². The van der Waals surface area contributed by atoms with Crippen molar-refractivity contribution in [3.05, 3.63) is 23.8 Å². The van der Waals surface area contributed by atoms with Crippen molar-refractivity contribution in [1.29, 1.82) is 0 Å². The largest absolute Gasteiger partial charge is 0.497 e. The molecule has 1 aromatic carbocycles. The van der Waals surface area contributed by atoms with Gasteiger partial charge in [-0.15, -0.1) is 0 Å². The Morgan fingerprint density at radius 3 is 2.71 bits per heavy atom. The van der Waals surface area contributed by atoms with E-state index >= 15 is 0 Å². The number of benzene rings is 1. The highest BCUT2D eigenvalue weighted by molar-refractivity contribution is 5.95. The van der Waals surface area contributed by atoms with Crippen LogP contribution in [0.4, 0.5) is 18.9 Å². The van der Waals surface area contributed by atoms with Gasteiger partial charge in [-0.05, 0) is 37.6 Å². The summed E-state index contributed by atoms with van der Waals surface area (Å²) in [6.07, 6.45) is -2.07. The average molecular weight is 302 g/mol. The van der Waals surface area contributed by atoms with Crippen LogP contribution < -0.4 is 15.4 Å². The van der Waals surface area contributed by atoms with Crippen molar-refractivity contribution in [1.82, 2.24) is 5.32 Å². The lowest BCUT2D eigenvalue weighted by Gasteiger charge is -2.23. The first-order valence-electron chi connectivity index (χ1n) is 6.71. The van der Waals surface area contributed by atoms with Crippen LogP contribution in [0.2, 0.25) is 0 Å². The standard InChI is InChI=1S/C14H17F3N2O2/c1-21-9-5-6-11(10(8-9)14(15,16)17)19-13(20)12-4-2-3-7-18-12/h5-6,8,12,18H,2-4,7H2,1H3,(H,19,20). The zero-order valence-corrected chi connectivity index (χ0v) is 11.6. The normalized spacial score (nSPS) is 19.1. The number of nitrogens with one attached hydrogen (secondary N) is 2. The molecule has 1 atom stereocenters. The number of carbonyl (C=O) groups is 1. The summed E-state index contributed by atoms with van der Waals surface area (Å²) in [7, 11) is 1.29. The van der Waals surface area contributed by atoms with Gasteiger partial charge in [0, 0.05) is 0 Å². The van der Waals surface area contributed by atoms with E-state index in [2.05, 4.69) is 10.6 Å². The number of anilines is 1. The molecule has 0 saturated carbocycles. The lowest BCUT2D eigenvalue weighted by atomic mass is 10.0. The van der Waals surface area contributed by atoms with Crippen LogP contribution in [0, 0.1) is 0 Å². The lowest BCUT2D eigenvalue weighted by molar-refractivity contribution is -0.137. The number of alkyl halides is 3. The van der Waals surface area contributed by atoms with Crippen LogP contribution in [0.5, 0.6) is 5.75 Å². The van der Waals surface area contributed by atoms with Crippen molar-refractivity contribution in [2.75, 3.05) is 19.0 Å². The minimum Gasteiger partial charge on any atom is -0.497 e. The maximum Gasteiger partial charge on any atom is 0.418 e. The second kappa shape index (κ2) is 6.34. The van der Waals surface area contributed by atoms with E-state index in [1.54, 1.807) is 0 Å². The highest BCUT2D eigenvalue weighted by atomic mass is 19.4. The van der Waals surface area contributed by atoms with Crippen molar-refractivity contribution in [2.24, 2.45) is 0 Å². The number of amides is 1. The molecule has 0 spiro atoms. The van der Waals surface area contributed by atoms with Crippen LogP contribution in [0.3, 0.4) is 0 Å². The zero-order valence-electron chi connectivity index (χ0n) is 11.6. The first-order valence-corrected chi connectivity index (χ1v) is 6.71. The number of hydrogen-bond acceptors (Lipinski definition) is 3. The first-order chi connectivity index (χ1) is 9.91. The lowest BCUT2D eigenvalue weighted by Crippen LogP contribution is -2.43. The van der Waals surface area contributed by atoms with Crippen LogP contribution in [0.15, 0.2) is 18.2 Å². The maximum absolute atomic E-state index is 13.0. The van der Waals surface area contributed by atoms with E-state index in [1.165, 1.54) is 19.2 Å². The first kappa shape index (κ1) is 15.6. The Morgan fingerprint density at radius 2 is 2.14 bits per heavy atom. The molecule has 21 heavy (non-hydrogen) atoms. The van der Waals surface area contributed by atoms with E-state index in [0.717, 1.165) is 18.9 Å². The molecular weight excluding hydrogens is 285 g/mol. The molecule has 1 aliphatic rings. The highest BCUT2D eigenvalue weighted by Gasteiger charge is 2.35. The van der Waals surface area contributed by atoms with Crippen molar-refractivity contribution < 1.29 is 22.7 Å². The predicted molar refractivity (Wildman–Crippen MR) is 72.3 cm³/mol. The minimum atomic E-state index is -4.56. The van der Waals surface area contributed by atoms with Gasteiger partial charge in [0.15, 0.2) is 0 Å². The fourth-order valence-corrected chi connectivity index (χ4v) is 2.29. The second-order valence-electron chi connectivity index (χ2n) is 4.90. The van der Waals surface area contributed by atoms with Gasteiger partial charge in [0.05, 0.1) is 24.4 Å². The van der Waals surface area contributed by atoms with E-state index in [-0.39, 0.29) is 11.4 Å². The molecule has 1 saturated heterocycles. The second-order valence-corrected chi connectivity index (χ2v) is 4.90. The molecule has 116 valence electrons. The molecule has 2 rings (SSSR count). The molecule has 1 aliphatic heterocycles. The number of carbonyl (C=O) groups excluding carboxylic acids is 1. The zero-order chi connectivity index (χ0) is 15.5. The monoisotopic (exact) mass is 302 g/mol. The number of methoxy groups -OCH3 is 1. The number of halogens is 3. The Balaban J connectivity index is 2.20. The summed E-state index contributed by atoms with van der Waals surface area (Å²) in [5.41, 5.74) is -1.16. The molecule has 1 amide bonds. The third-order valence-corrected chi connectivity index (χ3v) is 3.42. The molecule has 0 aromatic heterocycles. The van der Waals surface area contributed by atoms with Crippen LogP contribution in [0.25, 0.3) is 0 Å². The van der Waals surface area contributed by atoms with Gasteiger partial charge in [0.1, 0.15) is 5.75 Å². The van der Waals surface area contributed by atoms with Crippen LogP contribution in [-0.4, -0.2) is 25.6 Å². The van der Waals surface area contributed by atoms with Gasteiger partial charge in [-0.1, -0.05) is 6.42 Å². The van der Waals surface area contributed by atoms with Gasteiger partial charge in [0.25, 0.3) is 0 Å². The molecule has 0 bridgehead atoms. The number of piperidine rings is 1. The molecule has 0 aliphatic carbocycles. The number of hydrogen-bond donors (Lipinski definition) is 2. The SMILES string of the molecule is COc1ccc(NC(=O)C2CCCCN2)c(C(F)(F)F)c1. The van der Waals surface area contributed by atoms with E-state index in [4.69, 9.17) is 4.74 Å². The minimum absolute atomic E-state index is 0.0936. The molecule has 1 fully saturated rings. The molecular formula is C14H17F3N2O2. The Morgan fingerprint density at radius 1 is 1.38 bits per heavy atom. The maximum atomic E-state index is 13.0. The van der Waals surface area contributed by atoms with Crippen molar-refractivity contribution >= 4 is 11.6 Å². The van der Waals surface area contributed by atoms with Crippen molar-refractivity contribution in [2.45, 2.75) is 31.5 Å². The quantitative estimate of drug-likeness (QED) is 0.902. The molecule has 1 aromatic rings. The third kappa shape index (κ3) is 3.87. The Kier molecular flexibility index (Phi) is 4.72. The molecule has 7 heteroatoms. The van der Waals surface area contributed by atoms with Crippen LogP contribution in [-0.2, 0) is 11.0 Å². The summed E-state index contributed by atoms with van der Waals surface area (Å²) < 4.78 is 43.9. The van der Waals surface area contributed by atoms with E-state index < -0.39 is 23.7 Å². The van der Waals surface area contributed by atoms with Gasteiger partial charge in [-0.25, -0.2) is 0 Å². The van der Waals surface area contributed by atoms with E-state index in [0.29, 0.717) is 13.0 Å². The van der Waals surface area contributed by atoms with Gasteiger partial charge < -0.3 is 15.4 Å². The fourth-order valence-electron chi connectivity index (χ4n) is 2.29. The average Bonchev–Trinajstić information content (AvgIpc) is 2.47. The van der Waals surface area contributed by atoms with E-state index in [1.807, 2.05) is 0 Å². The van der Waals surface area contributed by atoms with Crippen molar-refractivity contribution in [3.63, 3.8) is 0 Å². The highest BCUT2D eigenvalue weighted by Crippen LogP contribution is 2.37. The summed E-state index contributed by atoms with van der Waals surface area (Å²) >= 11 is 0. The van der Waals surface area contributed by atoms with Gasteiger partial charge in [0.2, 0.25) is 5.91 Å².